The van der Waals surface area contributed by atoms with Crippen molar-refractivity contribution in [3.05, 3.63) is 95.7 Å². The number of fused-ring (bicyclic) bond motifs is 1. The maximum absolute atomic E-state index is 13.0. The van der Waals surface area contributed by atoms with Gasteiger partial charge in [0.2, 0.25) is 0 Å². The molecule has 146 valence electrons. The molecule has 0 saturated heterocycles. The van der Waals surface area contributed by atoms with Crippen LogP contribution < -0.4 is 14.8 Å². The molecule has 29 heavy (non-hydrogen) atoms. The van der Waals surface area contributed by atoms with Gasteiger partial charge in [-0.2, -0.15) is 0 Å². The van der Waals surface area contributed by atoms with E-state index < -0.39 is 0 Å². The van der Waals surface area contributed by atoms with Crippen LogP contribution in [0.2, 0.25) is 0 Å². The number of nitrogens with one attached hydrogen (secondary N) is 1. The van der Waals surface area contributed by atoms with E-state index in [1.807, 2.05) is 60.7 Å². The molecule has 1 heterocycles. The van der Waals surface area contributed by atoms with Crippen molar-refractivity contribution < 1.29 is 18.7 Å². The molecule has 4 aromatic rings. The van der Waals surface area contributed by atoms with Gasteiger partial charge in [0.15, 0.2) is 5.76 Å². The summed E-state index contributed by atoms with van der Waals surface area (Å²) in [5.41, 5.74) is 2.52. The van der Waals surface area contributed by atoms with Crippen LogP contribution in [0.1, 0.15) is 27.7 Å². The molecule has 0 aliphatic heterocycles. The second-order valence-corrected chi connectivity index (χ2v) is 6.61. The van der Waals surface area contributed by atoms with Crippen LogP contribution in [-0.4, -0.2) is 20.1 Å². The van der Waals surface area contributed by atoms with Gasteiger partial charge >= 0.3 is 0 Å². The molecule has 1 atom stereocenters. The Kier molecular flexibility index (Phi) is 5.20. The average Bonchev–Trinajstić information content (AvgIpc) is 3.21. The highest BCUT2D eigenvalue weighted by atomic mass is 16.5. The third-order valence-electron chi connectivity index (χ3n) is 4.78. The van der Waals surface area contributed by atoms with E-state index in [9.17, 15) is 4.79 Å². The minimum Gasteiger partial charge on any atom is -0.497 e. The van der Waals surface area contributed by atoms with Crippen molar-refractivity contribution in [2.24, 2.45) is 0 Å². The maximum Gasteiger partial charge on any atom is 0.287 e. The first-order chi connectivity index (χ1) is 14.2. The Labute approximate surface area is 168 Å². The lowest BCUT2D eigenvalue weighted by atomic mass is 9.98. The summed E-state index contributed by atoms with van der Waals surface area (Å²) in [5.74, 6) is 1.39. The Hall–Kier alpha value is -3.73. The van der Waals surface area contributed by atoms with Gasteiger partial charge in [0.05, 0.1) is 20.3 Å². The summed E-state index contributed by atoms with van der Waals surface area (Å²) in [6.45, 7) is 0. The standard InChI is InChI=1S/C24H21NO4/c1-27-19-10-6-9-17(13-19)23(16-7-4-3-5-8-16)25-24(26)22-15-18-14-20(28-2)11-12-21(18)29-22/h3-15,23H,1-2H3,(H,25,26). The number of ether oxygens (including phenoxy) is 2. The van der Waals surface area contributed by atoms with Crippen LogP contribution in [0.4, 0.5) is 0 Å². The predicted molar refractivity (Wildman–Crippen MR) is 112 cm³/mol. The van der Waals surface area contributed by atoms with E-state index in [4.69, 9.17) is 13.9 Å². The second kappa shape index (κ2) is 8.10. The zero-order valence-electron chi connectivity index (χ0n) is 16.2. The first-order valence-corrected chi connectivity index (χ1v) is 9.25. The van der Waals surface area contributed by atoms with Crippen molar-refractivity contribution in [1.82, 2.24) is 5.32 Å². The molecule has 1 aromatic heterocycles. The highest BCUT2D eigenvalue weighted by molar-refractivity contribution is 5.96. The van der Waals surface area contributed by atoms with Crippen LogP contribution >= 0.6 is 0 Å². The Morgan fingerprint density at radius 2 is 1.55 bits per heavy atom. The van der Waals surface area contributed by atoms with Gasteiger partial charge < -0.3 is 19.2 Å². The number of carbonyl (C=O) groups is 1. The summed E-state index contributed by atoms with van der Waals surface area (Å²) >= 11 is 0. The number of hydrogen-bond acceptors (Lipinski definition) is 4. The fourth-order valence-electron chi connectivity index (χ4n) is 3.29. The molecular formula is C24H21NO4. The molecule has 5 nitrogen and oxygen atoms in total. The van der Waals surface area contributed by atoms with E-state index in [-0.39, 0.29) is 17.7 Å². The van der Waals surface area contributed by atoms with Crippen molar-refractivity contribution in [3.63, 3.8) is 0 Å². The van der Waals surface area contributed by atoms with Crippen molar-refractivity contribution in [2.45, 2.75) is 6.04 Å². The van der Waals surface area contributed by atoms with Crippen LogP contribution in [0.3, 0.4) is 0 Å². The van der Waals surface area contributed by atoms with E-state index in [1.54, 1.807) is 32.4 Å². The van der Waals surface area contributed by atoms with Gasteiger partial charge in [-0.1, -0.05) is 42.5 Å². The summed E-state index contributed by atoms with van der Waals surface area (Å²) < 4.78 is 16.3. The van der Waals surface area contributed by atoms with Gasteiger partial charge in [0, 0.05) is 5.39 Å². The van der Waals surface area contributed by atoms with Crippen LogP contribution in [0.25, 0.3) is 11.0 Å². The van der Waals surface area contributed by atoms with Crippen LogP contribution in [-0.2, 0) is 0 Å². The molecular weight excluding hydrogens is 366 g/mol. The minimum atomic E-state index is -0.346. The quantitative estimate of drug-likeness (QED) is 0.507. The summed E-state index contributed by atoms with van der Waals surface area (Å²) in [6.07, 6.45) is 0. The normalized spacial score (nSPS) is 11.8. The molecule has 1 amide bonds. The molecule has 0 spiro atoms. The summed E-state index contributed by atoms with van der Waals surface area (Å²) in [5, 5.41) is 3.90. The summed E-state index contributed by atoms with van der Waals surface area (Å²) in [4.78, 5) is 13.0. The van der Waals surface area contributed by atoms with E-state index in [1.165, 1.54) is 0 Å². The lowest BCUT2D eigenvalue weighted by Gasteiger charge is -2.20. The van der Waals surface area contributed by atoms with E-state index in [0.29, 0.717) is 11.3 Å². The predicted octanol–water partition coefficient (Wildman–Crippen LogP) is 4.97. The Bertz CT molecular complexity index is 1130. The SMILES string of the molecule is COc1cccc(C(NC(=O)c2cc3cc(OC)ccc3o2)c2ccccc2)c1. The monoisotopic (exact) mass is 387 g/mol. The smallest absolute Gasteiger partial charge is 0.287 e. The molecule has 0 saturated carbocycles. The molecule has 0 bridgehead atoms. The molecule has 3 aromatic carbocycles. The minimum absolute atomic E-state index is 0.247. The lowest BCUT2D eigenvalue weighted by molar-refractivity contribution is 0.0917. The van der Waals surface area contributed by atoms with Gasteiger partial charge in [-0.25, -0.2) is 0 Å². The molecule has 1 N–H and O–H groups in total. The maximum atomic E-state index is 13.0. The number of methoxy groups -OCH3 is 2. The molecule has 0 aliphatic carbocycles. The van der Waals surface area contributed by atoms with E-state index in [2.05, 4.69) is 5.32 Å². The van der Waals surface area contributed by atoms with Crippen LogP contribution in [0, 0.1) is 0 Å². The molecule has 4 rings (SSSR count). The number of carbonyl (C=O) groups excluding carboxylic acids is 1. The molecule has 0 fully saturated rings. The van der Waals surface area contributed by atoms with Crippen LogP contribution in [0.15, 0.2) is 83.3 Å². The average molecular weight is 387 g/mol. The zero-order chi connectivity index (χ0) is 20.2. The van der Waals surface area contributed by atoms with Crippen molar-refractivity contribution in [1.29, 1.82) is 0 Å². The largest absolute Gasteiger partial charge is 0.497 e. The van der Waals surface area contributed by atoms with E-state index >= 15 is 0 Å². The second-order valence-electron chi connectivity index (χ2n) is 6.61. The molecule has 0 radical (unpaired) electrons. The highest BCUT2D eigenvalue weighted by Crippen LogP contribution is 2.28. The van der Waals surface area contributed by atoms with Crippen molar-refractivity contribution >= 4 is 16.9 Å². The Morgan fingerprint density at radius 1 is 0.828 bits per heavy atom. The third-order valence-corrected chi connectivity index (χ3v) is 4.78. The fraction of sp³-hybridized carbons (Fsp3) is 0.125. The third kappa shape index (κ3) is 3.94. The lowest BCUT2D eigenvalue weighted by Crippen LogP contribution is -2.29. The Morgan fingerprint density at radius 3 is 2.31 bits per heavy atom. The zero-order valence-corrected chi connectivity index (χ0v) is 16.2. The fourth-order valence-corrected chi connectivity index (χ4v) is 3.29. The van der Waals surface area contributed by atoms with Gasteiger partial charge in [-0.05, 0) is 47.5 Å². The van der Waals surface area contributed by atoms with Gasteiger partial charge in [0.25, 0.3) is 5.91 Å². The van der Waals surface area contributed by atoms with E-state index in [0.717, 1.165) is 22.3 Å². The first kappa shape index (κ1) is 18.6. The number of hydrogen-bond donors (Lipinski definition) is 1. The number of rotatable bonds is 6. The topological polar surface area (TPSA) is 60.7 Å². The molecule has 0 aliphatic rings. The number of furan rings is 1. The number of benzene rings is 3. The summed E-state index contributed by atoms with van der Waals surface area (Å²) in [6, 6.07) is 24.3. The highest BCUT2D eigenvalue weighted by Gasteiger charge is 2.21. The Balaban J connectivity index is 1.67. The summed E-state index contributed by atoms with van der Waals surface area (Å²) in [7, 11) is 3.23. The van der Waals surface area contributed by atoms with Crippen molar-refractivity contribution in [3.8, 4) is 11.5 Å². The first-order valence-electron chi connectivity index (χ1n) is 9.25. The molecule has 1 unspecified atom stereocenters. The number of amides is 1. The van der Waals surface area contributed by atoms with Crippen molar-refractivity contribution in [2.75, 3.05) is 14.2 Å². The van der Waals surface area contributed by atoms with Gasteiger partial charge in [0.1, 0.15) is 17.1 Å². The van der Waals surface area contributed by atoms with Gasteiger partial charge in [-0.15, -0.1) is 0 Å². The molecule has 5 heteroatoms. The van der Waals surface area contributed by atoms with Crippen LogP contribution in [0.5, 0.6) is 11.5 Å². The van der Waals surface area contributed by atoms with Gasteiger partial charge in [-0.3, -0.25) is 4.79 Å².